The van der Waals surface area contributed by atoms with E-state index in [1.807, 2.05) is 24.3 Å². The summed E-state index contributed by atoms with van der Waals surface area (Å²) in [5, 5.41) is 0. The van der Waals surface area contributed by atoms with E-state index in [1.54, 1.807) is 0 Å². The van der Waals surface area contributed by atoms with E-state index >= 15 is 0 Å². The lowest BCUT2D eigenvalue weighted by atomic mass is 9.99. The van der Waals surface area contributed by atoms with Crippen LogP contribution in [0.15, 0.2) is 48.5 Å². The molecular weight excluding hydrogens is 218 g/mol. The highest BCUT2D eigenvalue weighted by Gasteiger charge is 2.01. The lowest BCUT2D eigenvalue weighted by molar-refractivity contribution is 0.647. The van der Waals surface area contributed by atoms with E-state index in [2.05, 4.69) is 43.0 Å². The van der Waals surface area contributed by atoms with Gasteiger partial charge in [-0.2, -0.15) is 0 Å². The van der Waals surface area contributed by atoms with Crippen LogP contribution in [0.25, 0.3) is 16.0 Å². The zero-order chi connectivity index (χ0) is 13.0. The molecule has 0 aliphatic heterocycles. The SMILES string of the molecule is [C-]#[N+]c1cccc(-c2ccc(CC(C)C)cc2)c1. The molecule has 0 saturated carbocycles. The summed E-state index contributed by atoms with van der Waals surface area (Å²) in [5.74, 6) is 0.682. The molecule has 0 aromatic heterocycles. The Balaban J connectivity index is 2.26. The highest BCUT2D eigenvalue weighted by Crippen LogP contribution is 2.24. The molecular formula is C17H17N. The summed E-state index contributed by atoms with van der Waals surface area (Å²) in [6.45, 7) is 11.5. The van der Waals surface area contributed by atoms with Crippen molar-refractivity contribution in [1.82, 2.24) is 0 Å². The predicted molar refractivity (Wildman–Crippen MR) is 76.7 cm³/mol. The first kappa shape index (κ1) is 12.4. The van der Waals surface area contributed by atoms with Gasteiger partial charge in [0.2, 0.25) is 0 Å². The molecule has 2 aromatic rings. The summed E-state index contributed by atoms with van der Waals surface area (Å²) in [6, 6.07) is 16.4. The fourth-order valence-corrected chi connectivity index (χ4v) is 2.06. The molecule has 0 aliphatic carbocycles. The summed E-state index contributed by atoms with van der Waals surface area (Å²) < 4.78 is 0. The van der Waals surface area contributed by atoms with Gasteiger partial charge in [-0.1, -0.05) is 56.3 Å². The maximum Gasteiger partial charge on any atom is 0.187 e. The van der Waals surface area contributed by atoms with Crippen molar-refractivity contribution in [2.45, 2.75) is 20.3 Å². The van der Waals surface area contributed by atoms with E-state index in [-0.39, 0.29) is 0 Å². The molecule has 0 heterocycles. The molecule has 2 aromatic carbocycles. The molecule has 0 atom stereocenters. The molecule has 0 saturated heterocycles. The summed E-state index contributed by atoms with van der Waals surface area (Å²) >= 11 is 0. The fraction of sp³-hybridized carbons (Fsp3) is 0.235. The molecule has 0 amide bonds. The van der Waals surface area contributed by atoms with E-state index in [9.17, 15) is 0 Å². The number of benzene rings is 2. The largest absolute Gasteiger partial charge is 0.238 e. The number of hydrogen-bond acceptors (Lipinski definition) is 0. The van der Waals surface area contributed by atoms with Crippen LogP contribution in [0, 0.1) is 12.5 Å². The standard InChI is InChI=1S/C17H17N/c1-13(2)11-14-7-9-15(10-8-14)16-5-4-6-17(12-16)18-3/h4-10,12-13H,11H2,1-2H3. The summed E-state index contributed by atoms with van der Waals surface area (Å²) in [7, 11) is 0. The van der Waals surface area contributed by atoms with Crippen molar-refractivity contribution >= 4 is 5.69 Å². The van der Waals surface area contributed by atoms with Gasteiger partial charge in [0.15, 0.2) is 5.69 Å². The monoisotopic (exact) mass is 235 g/mol. The Morgan fingerprint density at radius 3 is 2.33 bits per heavy atom. The van der Waals surface area contributed by atoms with E-state index in [1.165, 1.54) is 11.1 Å². The molecule has 90 valence electrons. The minimum atomic E-state index is 0.682. The van der Waals surface area contributed by atoms with Crippen molar-refractivity contribution in [3.8, 4) is 11.1 Å². The summed E-state index contributed by atoms with van der Waals surface area (Å²) in [4.78, 5) is 3.46. The molecule has 0 aliphatic rings. The van der Waals surface area contributed by atoms with E-state index in [0.29, 0.717) is 11.6 Å². The van der Waals surface area contributed by atoms with Crippen LogP contribution >= 0.6 is 0 Å². The Bertz CT molecular complexity index is 559. The third-order valence-electron chi connectivity index (χ3n) is 2.91. The molecule has 0 N–H and O–H groups in total. The average molecular weight is 235 g/mol. The Labute approximate surface area is 109 Å². The maximum absolute atomic E-state index is 7.04. The highest BCUT2D eigenvalue weighted by atomic mass is 14.6. The fourth-order valence-electron chi connectivity index (χ4n) is 2.06. The first-order chi connectivity index (χ1) is 8.69. The van der Waals surface area contributed by atoms with Crippen molar-refractivity contribution in [3.63, 3.8) is 0 Å². The topological polar surface area (TPSA) is 4.36 Å². The molecule has 0 unspecified atom stereocenters. The van der Waals surface area contributed by atoms with Crippen molar-refractivity contribution in [2.24, 2.45) is 5.92 Å². The van der Waals surface area contributed by atoms with E-state index in [4.69, 9.17) is 6.57 Å². The highest BCUT2D eigenvalue weighted by molar-refractivity contribution is 5.68. The summed E-state index contributed by atoms with van der Waals surface area (Å²) in [5.41, 5.74) is 4.35. The first-order valence-corrected chi connectivity index (χ1v) is 6.26. The Kier molecular flexibility index (Phi) is 3.79. The maximum atomic E-state index is 7.04. The van der Waals surface area contributed by atoms with Crippen LogP contribution in [-0.4, -0.2) is 0 Å². The third-order valence-corrected chi connectivity index (χ3v) is 2.91. The third kappa shape index (κ3) is 2.99. The Morgan fingerprint density at radius 2 is 1.72 bits per heavy atom. The van der Waals surface area contributed by atoms with Gasteiger partial charge in [0.25, 0.3) is 0 Å². The van der Waals surface area contributed by atoms with Gasteiger partial charge in [-0.25, -0.2) is 4.85 Å². The molecule has 0 fully saturated rings. The van der Waals surface area contributed by atoms with Crippen LogP contribution in [-0.2, 0) is 6.42 Å². The predicted octanol–water partition coefficient (Wildman–Crippen LogP) is 5.10. The zero-order valence-corrected chi connectivity index (χ0v) is 10.9. The molecule has 0 bridgehead atoms. The Morgan fingerprint density at radius 1 is 1.00 bits per heavy atom. The van der Waals surface area contributed by atoms with Crippen LogP contribution < -0.4 is 0 Å². The molecule has 2 rings (SSSR count). The smallest absolute Gasteiger partial charge is 0.187 e. The van der Waals surface area contributed by atoms with Crippen molar-refractivity contribution in [1.29, 1.82) is 0 Å². The quantitative estimate of drug-likeness (QED) is 0.652. The van der Waals surface area contributed by atoms with Crippen LogP contribution in [0.1, 0.15) is 19.4 Å². The van der Waals surface area contributed by atoms with Crippen molar-refractivity contribution in [2.75, 3.05) is 0 Å². The number of hydrogen-bond donors (Lipinski definition) is 0. The van der Waals surface area contributed by atoms with Crippen molar-refractivity contribution in [3.05, 3.63) is 65.5 Å². The molecule has 1 nitrogen and oxygen atoms in total. The van der Waals surface area contributed by atoms with Crippen LogP contribution in [0.2, 0.25) is 0 Å². The van der Waals surface area contributed by atoms with Gasteiger partial charge >= 0.3 is 0 Å². The minimum Gasteiger partial charge on any atom is -0.238 e. The number of nitrogens with zero attached hydrogens (tertiary/aromatic N) is 1. The molecule has 18 heavy (non-hydrogen) atoms. The van der Waals surface area contributed by atoms with Crippen molar-refractivity contribution < 1.29 is 0 Å². The van der Waals surface area contributed by atoms with Gasteiger partial charge < -0.3 is 0 Å². The molecule has 1 heteroatoms. The second-order valence-electron chi connectivity index (χ2n) is 4.96. The van der Waals surface area contributed by atoms with Gasteiger partial charge in [0.1, 0.15) is 0 Å². The minimum absolute atomic E-state index is 0.682. The second kappa shape index (κ2) is 5.51. The lowest BCUT2D eigenvalue weighted by Crippen LogP contribution is -1.93. The lowest BCUT2D eigenvalue weighted by Gasteiger charge is -2.07. The Hall–Kier alpha value is -2.07. The molecule has 0 spiro atoms. The number of rotatable bonds is 3. The molecule has 0 radical (unpaired) electrons. The van der Waals surface area contributed by atoms with Gasteiger partial charge in [-0.15, -0.1) is 0 Å². The summed E-state index contributed by atoms with van der Waals surface area (Å²) in [6.07, 6.45) is 1.11. The van der Waals surface area contributed by atoms with E-state index in [0.717, 1.165) is 12.0 Å². The van der Waals surface area contributed by atoms with Gasteiger partial charge in [0, 0.05) is 0 Å². The normalized spacial score (nSPS) is 10.3. The van der Waals surface area contributed by atoms with Crippen LogP contribution in [0.4, 0.5) is 5.69 Å². The van der Waals surface area contributed by atoms with E-state index < -0.39 is 0 Å². The average Bonchev–Trinajstić information content (AvgIpc) is 2.39. The van der Waals surface area contributed by atoms with Gasteiger partial charge in [-0.3, -0.25) is 0 Å². The van der Waals surface area contributed by atoms with Gasteiger partial charge in [0.05, 0.1) is 6.57 Å². The second-order valence-corrected chi connectivity index (χ2v) is 4.96. The van der Waals surface area contributed by atoms with Gasteiger partial charge in [-0.05, 0) is 35.1 Å². The van der Waals surface area contributed by atoms with Crippen LogP contribution in [0.5, 0.6) is 0 Å². The zero-order valence-electron chi connectivity index (χ0n) is 10.9. The first-order valence-electron chi connectivity index (χ1n) is 6.26. The van der Waals surface area contributed by atoms with Crippen LogP contribution in [0.3, 0.4) is 0 Å².